The largest absolute Gasteiger partial charge is 0.325 e. The molecule has 0 aromatic carbocycles. The van der Waals surface area contributed by atoms with Crippen molar-refractivity contribution in [2.45, 2.75) is 44.6 Å². The van der Waals surface area contributed by atoms with Crippen LogP contribution in [0.3, 0.4) is 0 Å². The fourth-order valence-corrected chi connectivity index (χ4v) is 1.50. The summed E-state index contributed by atoms with van der Waals surface area (Å²) in [5.74, 6) is 0.919. The zero-order valence-corrected chi connectivity index (χ0v) is 8.66. The van der Waals surface area contributed by atoms with Crippen LogP contribution in [-0.2, 0) is 12.8 Å². The molecule has 2 rings (SSSR count). The Labute approximate surface area is 84.8 Å². The molecule has 0 spiro atoms. The van der Waals surface area contributed by atoms with Crippen LogP contribution in [0.25, 0.3) is 0 Å². The third kappa shape index (κ3) is 2.29. The van der Waals surface area contributed by atoms with E-state index < -0.39 is 0 Å². The van der Waals surface area contributed by atoms with Crippen molar-refractivity contribution in [1.29, 1.82) is 0 Å². The molecule has 76 valence electrons. The van der Waals surface area contributed by atoms with Crippen molar-refractivity contribution < 1.29 is 0 Å². The lowest BCUT2D eigenvalue weighted by Crippen LogP contribution is -2.22. The molecule has 0 aliphatic heterocycles. The molecule has 0 unspecified atom stereocenters. The number of hydrogen-bond donors (Lipinski definition) is 1. The first-order valence-corrected chi connectivity index (χ1v) is 5.30. The lowest BCUT2D eigenvalue weighted by Gasteiger charge is -2.07. The topological polar surface area (TPSA) is 51.8 Å². The summed E-state index contributed by atoms with van der Waals surface area (Å²) >= 11 is 0. The Morgan fingerprint density at radius 1 is 1.36 bits per heavy atom. The SMILES string of the molecule is CCc1ncc(CCC2(N)CC2)cn1. The molecule has 1 saturated carbocycles. The van der Waals surface area contributed by atoms with Gasteiger partial charge in [0.1, 0.15) is 5.82 Å². The van der Waals surface area contributed by atoms with Crippen LogP contribution in [0.2, 0.25) is 0 Å². The molecule has 0 atom stereocenters. The maximum Gasteiger partial charge on any atom is 0.127 e. The van der Waals surface area contributed by atoms with Gasteiger partial charge < -0.3 is 5.73 Å². The van der Waals surface area contributed by atoms with Crippen LogP contribution < -0.4 is 5.73 Å². The predicted octanol–water partition coefficient (Wildman–Crippen LogP) is 1.46. The maximum absolute atomic E-state index is 6.01. The second-order valence-electron chi connectivity index (χ2n) is 4.22. The van der Waals surface area contributed by atoms with Gasteiger partial charge in [-0.05, 0) is 31.2 Å². The smallest absolute Gasteiger partial charge is 0.127 e. The summed E-state index contributed by atoms with van der Waals surface area (Å²) in [6, 6.07) is 0. The molecule has 0 saturated heterocycles. The zero-order valence-electron chi connectivity index (χ0n) is 8.66. The fourth-order valence-electron chi connectivity index (χ4n) is 1.50. The Balaban J connectivity index is 1.89. The van der Waals surface area contributed by atoms with Crippen molar-refractivity contribution in [1.82, 2.24) is 9.97 Å². The number of rotatable bonds is 4. The van der Waals surface area contributed by atoms with Crippen molar-refractivity contribution in [3.63, 3.8) is 0 Å². The molecule has 0 amide bonds. The highest BCUT2D eigenvalue weighted by molar-refractivity contribution is 5.09. The molecule has 3 heteroatoms. The van der Waals surface area contributed by atoms with Crippen molar-refractivity contribution in [2.75, 3.05) is 0 Å². The zero-order chi connectivity index (χ0) is 10.0. The standard InChI is InChI=1S/C11H17N3/c1-2-10-13-7-9(8-14-10)3-4-11(12)5-6-11/h7-8H,2-6,12H2,1H3. The Bertz CT molecular complexity index is 301. The van der Waals surface area contributed by atoms with E-state index in [1.165, 1.54) is 18.4 Å². The average Bonchev–Trinajstić information content (AvgIpc) is 2.95. The van der Waals surface area contributed by atoms with Gasteiger partial charge >= 0.3 is 0 Å². The van der Waals surface area contributed by atoms with Crippen molar-refractivity contribution in [2.24, 2.45) is 5.73 Å². The molecule has 1 fully saturated rings. The first kappa shape index (κ1) is 9.59. The van der Waals surface area contributed by atoms with Crippen molar-refractivity contribution in [3.05, 3.63) is 23.8 Å². The van der Waals surface area contributed by atoms with E-state index in [9.17, 15) is 0 Å². The van der Waals surface area contributed by atoms with Crippen LogP contribution >= 0.6 is 0 Å². The molecule has 14 heavy (non-hydrogen) atoms. The summed E-state index contributed by atoms with van der Waals surface area (Å²) in [6.45, 7) is 2.06. The predicted molar refractivity (Wildman–Crippen MR) is 55.9 cm³/mol. The molecule has 1 aliphatic carbocycles. The lowest BCUT2D eigenvalue weighted by atomic mass is 10.1. The minimum atomic E-state index is 0.142. The molecular weight excluding hydrogens is 174 g/mol. The van der Waals surface area contributed by atoms with Gasteiger partial charge in [-0.15, -0.1) is 0 Å². The molecular formula is C11H17N3. The minimum absolute atomic E-state index is 0.142. The van der Waals surface area contributed by atoms with Gasteiger partial charge in [-0.3, -0.25) is 0 Å². The van der Waals surface area contributed by atoms with Crippen LogP contribution in [0, 0.1) is 0 Å². The molecule has 2 N–H and O–H groups in total. The average molecular weight is 191 g/mol. The Morgan fingerprint density at radius 3 is 2.50 bits per heavy atom. The summed E-state index contributed by atoms with van der Waals surface area (Å²) in [5.41, 5.74) is 7.36. The molecule has 0 radical (unpaired) electrons. The van der Waals surface area contributed by atoms with Gasteiger partial charge in [0.05, 0.1) is 0 Å². The van der Waals surface area contributed by atoms with Gasteiger partial charge in [0.25, 0.3) is 0 Å². The van der Waals surface area contributed by atoms with Gasteiger partial charge in [0.15, 0.2) is 0 Å². The molecule has 1 aliphatic rings. The highest BCUT2D eigenvalue weighted by atomic mass is 14.9. The van der Waals surface area contributed by atoms with Crippen LogP contribution in [0.4, 0.5) is 0 Å². The van der Waals surface area contributed by atoms with E-state index in [0.29, 0.717) is 0 Å². The van der Waals surface area contributed by atoms with Crippen molar-refractivity contribution in [3.8, 4) is 0 Å². The lowest BCUT2D eigenvalue weighted by molar-refractivity contribution is 0.607. The normalized spacial score (nSPS) is 18.1. The number of hydrogen-bond acceptors (Lipinski definition) is 3. The Hall–Kier alpha value is -0.960. The summed E-state index contributed by atoms with van der Waals surface area (Å²) in [7, 11) is 0. The first-order valence-electron chi connectivity index (χ1n) is 5.30. The van der Waals surface area contributed by atoms with Gasteiger partial charge in [-0.25, -0.2) is 9.97 Å². The fraction of sp³-hybridized carbons (Fsp3) is 0.636. The minimum Gasteiger partial charge on any atom is -0.325 e. The summed E-state index contributed by atoms with van der Waals surface area (Å²) in [5, 5.41) is 0. The van der Waals surface area contributed by atoms with Gasteiger partial charge in [-0.1, -0.05) is 6.92 Å². The molecule has 1 heterocycles. The van der Waals surface area contributed by atoms with Crippen LogP contribution in [0.5, 0.6) is 0 Å². The third-order valence-corrected chi connectivity index (χ3v) is 2.88. The highest BCUT2D eigenvalue weighted by Gasteiger charge is 2.37. The van der Waals surface area contributed by atoms with E-state index in [0.717, 1.165) is 25.1 Å². The summed E-state index contributed by atoms with van der Waals surface area (Å²) in [4.78, 5) is 8.53. The van der Waals surface area contributed by atoms with E-state index in [1.54, 1.807) is 0 Å². The van der Waals surface area contributed by atoms with Gasteiger partial charge in [0, 0.05) is 24.4 Å². The highest BCUT2D eigenvalue weighted by Crippen LogP contribution is 2.36. The first-order chi connectivity index (χ1) is 6.72. The Morgan fingerprint density at radius 2 is 2.00 bits per heavy atom. The molecule has 1 aromatic heterocycles. The van der Waals surface area contributed by atoms with E-state index in [4.69, 9.17) is 5.73 Å². The van der Waals surface area contributed by atoms with Crippen LogP contribution in [-0.4, -0.2) is 15.5 Å². The molecule has 0 bridgehead atoms. The van der Waals surface area contributed by atoms with E-state index in [-0.39, 0.29) is 5.54 Å². The second-order valence-corrected chi connectivity index (χ2v) is 4.22. The molecule has 3 nitrogen and oxygen atoms in total. The summed E-state index contributed by atoms with van der Waals surface area (Å²) < 4.78 is 0. The van der Waals surface area contributed by atoms with Gasteiger partial charge in [-0.2, -0.15) is 0 Å². The van der Waals surface area contributed by atoms with Gasteiger partial charge in [0.2, 0.25) is 0 Å². The van der Waals surface area contributed by atoms with Crippen LogP contribution in [0.15, 0.2) is 12.4 Å². The van der Waals surface area contributed by atoms with Crippen molar-refractivity contribution >= 4 is 0 Å². The quantitative estimate of drug-likeness (QED) is 0.784. The Kier molecular flexibility index (Phi) is 2.50. The number of nitrogens with two attached hydrogens (primary N) is 1. The van der Waals surface area contributed by atoms with E-state index in [2.05, 4.69) is 16.9 Å². The second kappa shape index (κ2) is 3.65. The molecule has 1 aromatic rings. The summed E-state index contributed by atoms with van der Waals surface area (Å²) in [6.07, 6.45) is 9.21. The van der Waals surface area contributed by atoms with E-state index in [1.807, 2.05) is 12.4 Å². The number of aromatic nitrogens is 2. The number of aryl methyl sites for hydroxylation is 2. The third-order valence-electron chi connectivity index (χ3n) is 2.88. The monoisotopic (exact) mass is 191 g/mol. The maximum atomic E-state index is 6.01. The van der Waals surface area contributed by atoms with E-state index >= 15 is 0 Å². The van der Waals surface area contributed by atoms with Crippen LogP contribution in [0.1, 0.15) is 37.6 Å². The number of nitrogens with zero attached hydrogens (tertiary/aromatic N) is 2.